The van der Waals surface area contributed by atoms with E-state index in [4.69, 9.17) is 0 Å². The predicted molar refractivity (Wildman–Crippen MR) is 93.8 cm³/mol. The molecule has 0 saturated carbocycles. The Hall–Kier alpha value is -2.54. The summed E-state index contributed by atoms with van der Waals surface area (Å²) in [6, 6.07) is 6.91. The van der Waals surface area contributed by atoms with Crippen molar-refractivity contribution in [2.45, 2.75) is 25.4 Å². The van der Waals surface area contributed by atoms with Gasteiger partial charge in [0.1, 0.15) is 0 Å². The van der Waals surface area contributed by atoms with Crippen molar-refractivity contribution in [2.75, 3.05) is 13.1 Å². The summed E-state index contributed by atoms with van der Waals surface area (Å²) in [7, 11) is 1.61. The van der Waals surface area contributed by atoms with E-state index in [1.54, 1.807) is 13.1 Å². The number of aryl methyl sites for hydroxylation is 1. The highest BCUT2D eigenvalue weighted by molar-refractivity contribution is 5.94. The van der Waals surface area contributed by atoms with E-state index in [0.717, 1.165) is 37.6 Å². The van der Waals surface area contributed by atoms with Gasteiger partial charge in [-0.15, -0.1) is 0 Å². The van der Waals surface area contributed by atoms with Gasteiger partial charge in [-0.2, -0.15) is 0 Å². The molecule has 7 heteroatoms. The van der Waals surface area contributed by atoms with Crippen LogP contribution in [0.5, 0.6) is 0 Å². The molecule has 1 amide bonds. The van der Waals surface area contributed by atoms with Crippen LogP contribution in [0.2, 0.25) is 0 Å². The quantitative estimate of drug-likeness (QED) is 0.907. The average Bonchev–Trinajstić information content (AvgIpc) is 2.62. The Morgan fingerprint density at radius 1 is 1.15 bits per heavy atom. The van der Waals surface area contributed by atoms with Crippen molar-refractivity contribution in [2.24, 2.45) is 7.05 Å². The molecule has 1 fully saturated rings. The van der Waals surface area contributed by atoms with E-state index < -0.39 is 11.6 Å². The number of aromatic nitrogens is 1. The van der Waals surface area contributed by atoms with Crippen LogP contribution in [0.25, 0.3) is 0 Å². The standard InChI is InChI=1S/C19H21F2N3O2/c1-23-12-14(3-5-18(23)25)19(26)22-15-6-8-24(9-7-15)11-13-2-4-16(20)17(21)10-13/h2-5,10,12,15H,6-9,11H2,1H3,(H,22,26). The van der Waals surface area contributed by atoms with Crippen LogP contribution in [0.1, 0.15) is 28.8 Å². The third-order valence-corrected chi connectivity index (χ3v) is 4.66. The van der Waals surface area contributed by atoms with Gasteiger partial charge in [-0.25, -0.2) is 8.78 Å². The second-order valence-electron chi connectivity index (χ2n) is 6.64. The Kier molecular flexibility index (Phi) is 5.46. The fourth-order valence-corrected chi connectivity index (χ4v) is 3.13. The zero-order valence-corrected chi connectivity index (χ0v) is 14.5. The number of pyridine rings is 1. The maximum atomic E-state index is 13.3. The molecule has 0 aliphatic carbocycles. The van der Waals surface area contributed by atoms with E-state index >= 15 is 0 Å². The zero-order valence-electron chi connectivity index (χ0n) is 14.5. The molecule has 0 unspecified atom stereocenters. The van der Waals surface area contributed by atoms with Crippen LogP contribution in [-0.2, 0) is 13.6 Å². The number of nitrogens with one attached hydrogen (secondary N) is 1. The molecule has 1 saturated heterocycles. The smallest absolute Gasteiger partial charge is 0.252 e. The Bertz CT molecular complexity index is 858. The summed E-state index contributed by atoms with van der Waals surface area (Å²) >= 11 is 0. The maximum Gasteiger partial charge on any atom is 0.252 e. The van der Waals surface area contributed by atoms with Crippen molar-refractivity contribution in [1.29, 1.82) is 0 Å². The lowest BCUT2D eigenvalue weighted by molar-refractivity contribution is 0.0908. The van der Waals surface area contributed by atoms with Gasteiger partial charge >= 0.3 is 0 Å². The number of hydrogen-bond donors (Lipinski definition) is 1. The minimum Gasteiger partial charge on any atom is -0.349 e. The topological polar surface area (TPSA) is 54.3 Å². The molecule has 1 aromatic carbocycles. The summed E-state index contributed by atoms with van der Waals surface area (Å²) in [6.45, 7) is 2.08. The number of hydrogen-bond acceptors (Lipinski definition) is 3. The van der Waals surface area contributed by atoms with Crippen molar-refractivity contribution in [3.05, 3.63) is 69.6 Å². The monoisotopic (exact) mass is 361 g/mol. The van der Waals surface area contributed by atoms with Crippen LogP contribution in [0.3, 0.4) is 0 Å². The molecule has 1 aliphatic rings. The van der Waals surface area contributed by atoms with Gasteiger partial charge in [0, 0.05) is 45.0 Å². The largest absolute Gasteiger partial charge is 0.349 e. The number of piperidine rings is 1. The summed E-state index contributed by atoms with van der Waals surface area (Å²) in [5.74, 6) is -1.87. The van der Waals surface area contributed by atoms with E-state index in [0.29, 0.717) is 12.1 Å². The van der Waals surface area contributed by atoms with Gasteiger partial charge in [-0.1, -0.05) is 6.07 Å². The molecule has 5 nitrogen and oxygen atoms in total. The number of carbonyl (C=O) groups excluding carboxylic acids is 1. The Labute approximate surface area is 150 Å². The third-order valence-electron chi connectivity index (χ3n) is 4.66. The van der Waals surface area contributed by atoms with Crippen LogP contribution in [0.15, 0.2) is 41.3 Å². The normalized spacial score (nSPS) is 15.8. The molecule has 0 bridgehead atoms. The second kappa shape index (κ2) is 7.78. The Morgan fingerprint density at radius 3 is 2.54 bits per heavy atom. The molecule has 2 aromatic rings. The molecule has 0 radical (unpaired) electrons. The van der Waals surface area contributed by atoms with Crippen LogP contribution in [-0.4, -0.2) is 34.5 Å². The maximum absolute atomic E-state index is 13.3. The van der Waals surface area contributed by atoms with Gasteiger partial charge in [0.15, 0.2) is 11.6 Å². The number of rotatable bonds is 4. The highest BCUT2D eigenvalue weighted by atomic mass is 19.2. The Morgan fingerprint density at radius 2 is 1.88 bits per heavy atom. The van der Waals surface area contributed by atoms with Crippen molar-refractivity contribution in [3.8, 4) is 0 Å². The van der Waals surface area contributed by atoms with E-state index in [1.807, 2.05) is 0 Å². The van der Waals surface area contributed by atoms with Crippen molar-refractivity contribution < 1.29 is 13.6 Å². The van der Waals surface area contributed by atoms with Crippen LogP contribution in [0.4, 0.5) is 8.78 Å². The minimum atomic E-state index is -0.839. The summed E-state index contributed by atoms with van der Waals surface area (Å²) in [4.78, 5) is 25.8. The highest BCUT2D eigenvalue weighted by Gasteiger charge is 2.21. The molecule has 3 rings (SSSR count). The molecule has 2 heterocycles. The lowest BCUT2D eigenvalue weighted by atomic mass is 10.0. The molecule has 0 spiro atoms. The van der Waals surface area contributed by atoms with E-state index in [1.165, 1.54) is 29.0 Å². The fraction of sp³-hybridized carbons (Fsp3) is 0.368. The number of nitrogens with zero attached hydrogens (tertiary/aromatic N) is 2. The van der Waals surface area contributed by atoms with E-state index in [2.05, 4.69) is 10.2 Å². The van der Waals surface area contributed by atoms with Crippen LogP contribution in [0, 0.1) is 11.6 Å². The molecule has 0 atom stereocenters. The van der Waals surface area contributed by atoms with Crippen molar-refractivity contribution in [1.82, 2.24) is 14.8 Å². The first-order chi connectivity index (χ1) is 12.4. The summed E-state index contributed by atoms with van der Waals surface area (Å²) < 4.78 is 27.7. The second-order valence-corrected chi connectivity index (χ2v) is 6.64. The first kappa shape index (κ1) is 18.3. The molecule has 138 valence electrons. The van der Waals surface area contributed by atoms with E-state index in [-0.39, 0.29) is 17.5 Å². The van der Waals surface area contributed by atoms with Gasteiger partial charge in [0.2, 0.25) is 5.56 Å². The van der Waals surface area contributed by atoms with Gasteiger partial charge in [-0.05, 0) is 36.6 Å². The highest BCUT2D eigenvalue weighted by Crippen LogP contribution is 2.16. The van der Waals surface area contributed by atoms with Crippen molar-refractivity contribution >= 4 is 5.91 Å². The number of amides is 1. The zero-order chi connectivity index (χ0) is 18.7. The van der Waals surface area contributed by atoms with Crippen molar-refractivity contribution in [3.63, 3.8) is 0 Å². The SMILES string of the molecule is Cn1cc(C(=O)NC2CCN(Cc3ccc(F)c(F)c3)CC2)ccc1=O. The number of benzene rings is 1. The molecular formula is C19H21F2N3O2. The summed E-state index contributed by atoms with van der Waals surface area (Å²) in [6.07, 6.45) is 3.08. The molecular weight excluding hydrogens is 340 g/mol. The first-order valence-corrected chi connectivity index (χ1v) is 8.56. The molecule has 26 heavy (non-hydrogen) atoms. The molecule has 1 aromatic heterocycles. The summed E-state index contributed by atoms with van der Waals surface area (Å²) in [5.41, 5.74) is 1.03. The van der Waals surface area contributed by atoms with Crippen LogP contribution >= 0.6 is 0 Å². The lowest BCUT2D eigenvalue weighted by Gasteiger charge is -2.32. The first-order valence-electron chi connectivity index (χ1n) is 8.56. The number of likely N-dealkylation sites (tertiary alicyclic amines) is 1. The molecule has 1 N–H and O–H groups in total. The third kappa shape index (κ3) is 4.35. The van der Waals surface area contributed by atoms with E-state index in [9.17, 15) is 18.4 Å². The van der Waals surface area contributed by atoms with Gasteiger partial charge in [-0.3, -0.25) is 14.5 Å². The van der Waals surface area contributed by atoms with Gasteiger partial charge < -0.3 is 9.88 Å². The van der Waals surface area contributed by atoms with Gasteiger partial charge in [0.25, 0.3) is 5.91 Å². The minimum absolute atomic E-state index is 0.0564. The number of halogens is 2. The summed E-state index contributed by atoms with van der Waals surface area (Å²) in [5, 5.41) is 2.99. The molecule has 1 aliphatic heterocycles. The average molecular weight is 361 g/mol. The predicted octanol–water partition coefficient (Wildman–Crippen LogP) is 2.06. The van der Waals surface area contributed by atoms with Gasteiger partial charge in [0.05, 0.1) is 5.56 Å². The lowest BCUT2D eigenvalue weighted by Crippen LogP contribution is -2.44. The fourth-order valence-electron chi connectivity index (χ4n) is 3.13. The van der Waals surface area contributed by atoms with Crippen LogP contribution < -0.4 is 10.9 Å². The number of carbonyl (C=O) groups is 1. The Balaban J connectivity index is 1.51.